The van der Waals surface area contributed by atoms with Gasteiger partial charge in [0.25, 0.3) is 0 Å². The molecule has 100 valence electrons. The first kappa shape index (κ1) is 13.8. The van der Waals surface area contributed by atoms with Gasteiger partial charge in [-0.05, 0) is 38.8 Å². The molecule has 0 fully saturated rings. The van der Waals surface area contributed by atoms with Crippen molar-refractivity contribution >= 4 is 0 Å². The van der Waals surface area contributed by atoms with Gasteiger partial charge in [0, 0.05) is 6.42 Å². The highest BCUT2D eigenvalue weighted by Crippen LogP contribution is 2.27. The molecule has 0 radical (unpaired) electrons. The van der Waals surface area contributed by atoms with Crippen LogP contribution in [-0.4, -0.2) is 5.11 Å². The summed E-state index contributed by atoms with van der Waals surface area (Å²) in [5.41, 5.74) is 4.96. The second-order valence-electron chi connectivity index (χ2n) is 5.81. The fraction of sp³-hybridized carbons (Fsp3) is 0.333. The van der Waals surface area contributed by atoms with Gasteiger partial charge in [-0.25, -0.2) is 0 Å². The lowest BCUT2D eigenvalue weighted by molar-refractivity contribution is 0.0575. The van der Waals surface area contributed by atoms with Crippen molar-refractivity contribution in [2.45, 2.75) is 39.7 Å². The molecule has 2 aromatic carbocycles. The molecule has 2 rings (SSSR count). The minimum absolute atomic E-state index is 0.635. The Bertz CT molecular complexity index is 544. The van der Waals surface area contributed by atoms with Crippen molar-refractivity contribution in [1.82, 2.24) is 0 Å². The van der Waals surface area contributed by atoms with Crippen LogP contribution >= 0.6 is 0 Å². The van der Waals surface area contributed by atoms with Crippen LogP contribution in [0.5, 0.6) is 0 Å². The molecule has 0 aliphatic heterocycles. The van der Waals surface area contributed by atoms with E-state index >= 15 is 0 Å². The predicted octanol–water partition coefficient (Wildman–Crippen LogP) is 4.06. The van der Waals surface area contributed by atoms with Gasteiger partial charge >= 0.3 is 0 Å². The molecule has 0 aliphatic carbocycles. The lowest BCUT2D eigenvalue weighted by atomic mass is 9.87. The maximum absolute atomic E-state index is 10.8. The minimum atomic E-state index is -0.827. The number of hydrogen-bond donors (Lipinski definition) is 1. The maximum Gasteiger partial charge on any atom is 0.0908 e. The summed E-state index contributed by atoms with van der Waals surface area (Å²) >= 11 is 0. The highest BCUT2D eigenvalue weighted by atomic mass is 16.3. The highest BCUT2D eigenvalue weighted by molar-refractivity contribution is 5.34. The Labute approximate surface area is 115 Å². The Morgan fingerprint density at radius 1 is 0.842 bits per heavy atom. The van der Waals surface area contributed by atoms with Crippen LogP contribution in [0.1, 0.15) is 34.7 Å². The normalized spacial score (nSPS) is 14.2. The number of aryl methyl sites for hydroxylation is 3. The summed E-state index contributed by atoms with van der Waals surface area (Å²) in [6, 6.07) is 14.6. The van der Waals surface area contributed by atoms with E-state index in [1.165, 1.54) is 16.7 Å². The van der Waals surface area contributed by atoms with Crippen LogP contribution in [-0.2, 0) is 12.0 Å². The Kier molecular flexibility index (Phi) is 3.77. The van der Waals surface area contributed by atoms with E-state index < -0.39 is 5.60 Å². The van der Waals surface area contributed by atoms with E-state index in [0.717, 1.165) is 11.1 Å². The lowest BCUT2D eigenvalue weighted by Gasteiger charge is -2.25. The molecule has 0 saturated heterocycles. The summed E-state index contributed by atoms with van der Waals surface area (Å²) < 4.78 is 0. The van der Waals surface area contributed by atoms with Gasteiger partial charge in [0.15, 0.2) is 0 Å². The summed E-state index contributed by atoms with van der Waals surface area (Å²) in [7, 11) is 0. The first-order valence-corrected chi connectivity index (χ1v) is 6.73. The number of rotatable bonds is 3. The summed E-state index contributed by atoms with van der Waals surface area (Å²) in [5, 5.41) is 10.8. The summed E-state index contributed by atoms with van der Waals surface area (Å²) in [5.74, 6) is 0. The van der Waals surface area contributed by atoms with Crippen molar-refractivity contribution in [3.05, 3.63) is 70.3 Å². The quantitative estimate of drug-likeness (QED) is 0.875. The van der Waals surface area contributed by atoms with Gasteiger partial charge in [0.2, 0.25) is 0 Å². The summed E-state index contributed by atoms with van der Waals surface area (Å²) in [4.78, 5) is 0. The third-order valence-electron chi connectivity index (χ3n) is 3.51. The van der Waals surface area contributed by atoms with Crippen LogP contribution in [0.25, 0.3) is 0 Å². The van der Waals surface area contributed by atoms with Gasteiger partial charge in [0.05, 0.1) is 5.60 Å². The van der Waals surface area contributed by atoms with E-state index in [0.29, 0.717) is 6.42 Å². The van der Waals surface area contributed by atoms with E-state index in [1.54, 1.807) is 0 Å². The zero-order valence-corrected chi connectivity index (χ0v) is 12.2. The number of aliphatic hydroxyl groups is 1. The molecule has 1 nitrogen and oxygen atoms in total. The van der Waals surface area contributed by atoms with Crippen molar-refractivity contribution in [2.24, 2.45) is 0 Å². The molecule has 0 amide bonds. The maximum atomic E-state index is 10.8. The molecule has 1 atom stereocenters. The molecule has 0 aromatic heterocycles. The van der Waals surface area contributed by atoms with Gasteiger partial charge in [-0.2, -0.15) is 0 Å². The molecule has 1 heteroatoms. The van der Waals surface area contributed by atoms with Crippen LogP contribution < -0.4 is 0 Å². The molecule has 0 aliphatic rings. The van der Waals surface area contributed by atoms with E-state index in [9.17, 15) is 5.11 Å². The van der Waals surface area contributed by atoms with Crippen LogP contribution in [0, 0.1) is 20.8 Å². The molecule has 1 N–H and O–H groups in total. The minimum Gasteiger partial charge on any atom is -0.385 e. The monoisotopic (exact) mass is 254 g/mol. The zero-order valence-electron chi connectivity index (χ0n) is 12.2. The molecular weight excluding hydrogens is 232 g/mol. The highest BCUT2D eigenvalue weighted by Gasteiger charge is 2.23. The molecule has 19 heavy (non-hydrogen) atoms. The Balaban J connectivity index is 2.28. The van der Waals surface area contributed by atoms with E-state index in [1.807, 2.05) is 6.92 Å². The first-order chi connectivity index (χ1) is 8.87. The van der Waals surface area contributed by atoms with Crippen molar-refractivity contribution in [1.29, 1.82) is 0 Å². The molecular formula is C18H22O. The average molecular weight is 254 g/mol. The molecule has 0 saturated carbocycles. The van der Waals surface area contributed by atoms with E-state index in [2.05, 4.69) is 63.2 Å². The van der Waals surface area contributed by atoms with Gasteiger partial charge in [-0.1, -0.05) is 59.2 Å². The number of hydrogen-bond acceptors (Lipinski definition) is 1. The van der Waals surface area contributed by atoms with Gasteiger partial charge in [-0.15, -0.1) is 0 Å². The van der Waals surface area contributed by atoms with E-state index in [-0.39, 0.29) is 0 Å². The zero-order chi connectivity index (χ0) is 14.0. The Morgan fingerprint density at radius 2 is 1.37 bits per heavy atom. The third kappa shape index (κ3) is 3.45. The second kappa shape index (κ2) is 5.18. The lowest BCUT2D eigenvalue weighted by Crippen LogP contribution is -2.24. The summed E-state index contributed by atoms with van der Waals surface area (Å²) in [6.45, 7) is 8.10. The van der Waals surface area contributed by atoms with Gasteiger partial charge in [0.1, 0.15) is 0 Å². The second-order valence-corrected chi connectivity index (χ2v) is 5.81. The first-order valence-electron chi connectivity index (χ1n) is 6.73. The van der Waals surface area contributed by atoms with Crippen molar-refractivity contribution in [3.63, 3.8) is 0 Å². The molecule has 0 spiro atoms. The van der Waals surface area contributed by atoms with Crippen LogP contribution in [0.2, 0.25) is 0 Å². The average Bonchev–Trinajstić information content (AvgIpc) is 2.31. The number of benzene rings is 2. The van der Waals surface area contributed by atoms with Crippen molar-refractivity contribution in [2.75, 3.05) is 0 Å². The molecule has 0 heterocycles. The van der Waals surface area contributed by atoms with Gasteiger partial charge < -0.3 is 5.11 Å². The van der Waals surface area contributed by atoms with E-state index in [4.69, 9.17) is 0 Å². The topological polar surface area (TPSA) is 20.2 Å². The SMILES string of the molecule is Cc1ccc(CC(C)(O)c2cc(C)cc(C)c2)cc1. The van der Waals surface area contributed by atoms with Gasteiger partial charge in [-0.3, -0.25) is 0 Å². The van der Waals surface area contributed by atoms with Crippen molar-refractivity contribution in [3.8, 4) is 0 Å². The van der Waals surface area contributed by atoms with Crippen LogP contribution in [0.3, 0.4) is 0 Å². The Hall–Kier alpha value is -1.60. The Morgan fingerprint density at radius 3 is 1.89 bits per heavy atom. The van der Waals surface area contributed by atoms with Crippen LogP contribution in [0.4, 0.5) is 0 Å². The molecule has 2 aromatic rings. The third-order valence-corrected chi connectivity index (χ3v) is 3.51. The molecule has 1 unspecified atom stereocenters. The predicted molar refractivity (Wildman–Crippen MR) is 80.4 cm³/mol. The fourth-order valence-electron chi connectivity index (χ4n) is 2.49. The fourth-order valence-corrected chi connectivity index (χ4v) is 2.49. The largest absolute Gasteiger partial charge is 0.385 e. The van der Waals surface area contributed by atoms with Crippen molar-refractivity contribution < 1.29 is 5.11 Å². The molecule has 0 bridgehead atoms. The smallest absolute Gasteiger partial charge is 0.0908 e. The standard InChI is InChI=1S/C18H22O/c1-13-5-7-16(8-6-13)12-18(4,19)17-10-14(2)9-15(3)11-17/h5-11,19H,12H2,1-4H3. The van der Waals surface area contributed by atoms with Crippen LogP contribution in [0.15, 0.2) is 42.5 Å². The summed E-state index contributed by atoms with van der Waals surface area (Å²) in [6.07, 6.45) is 0.635.